The average Bonchev–Trinajstić information content (AvgIpc) is 2.38. The van der Waals surface area contributed by atoms with Gasteiger partial charge in [0.05, 0.1) is 13.0 Å². The van der Waals surface area contributed by atoms with Gasteiger partial charge in [0.2, 0.25) is 0 Å². The van der Waals surface area contributed by atoms with Gasteiger partial charge in [-0.15, -0.1) is 0 Å². The Kier molecular flexibility index (Phi) is 3.95. The largest absolute Gasteiger partial charge is 0.494 e. The summed E-state index contributed by atoms with van der Waals surface area (Å²) in [6.07, 6.45) is -3.82. The standard InChI is InChI=1S/C14H17F4NO/c1-20-12-3-2-10(8-11(12)15)13(19)6-4-9(5-7-13)14(16,17)18/h2-3,8-9H,4-7,19H2,1H3. The molecule has 20 heavy (non-hydrogen) atoms. The number of ether oxygens (including phenoxy) is 1. The van der Waals surface area contributed by atoms with Crippen LogP contribution in [0, 0.1) is 11.7 Å². The molecule has 1 aromatic rings. The van der Waals surface area contributed by atoms with E-state index in [4.69, 9.17) is 10.5 Å². The minimum atomic E-state index is -4.17. The predicted octanol–water partition coefficient (Wildman–Crippen LogP) is 3.74. The van der Waals surface area contributed by atoms with E-state index < -0.39 is 23.5 Å². The van der Waals surface area contributed by atoms with Crippen molar-refractivity contribution in [2.24, 2.45) is 11.7 Å². The molecule has 0 radical (unpaired) electrons. The molecule has 0 spiro atoms. The molecule has 6 heteroatoms. The second kappa shape index (κ2) is 5.24. The predicted molar refractivity (Wildman–Crippen MR) is 66.8 cm³/mol. The molecule has 0 saturated heterocycles. The third kappa shape index (κ3) is 2.90. The lowest BCUT2D eigenvalue weighted by Crippen LogP contribution is -2.43. The van der Waals surface area contributed by atoms with E-state index in [0.717, 1.165) is 0 Å². The zero-order valence-electron chi connectivity index (χ0n) is 11.1. The van der Waals surface area contributed by atoms with Crippen LogP contribution in [0.5, 0.6) is 5.75 Å². The van der Waals surface area contributed by atoms with Gasteiger partial charge >= 0.3 is 6.18 Å². The summed E-state index contributed by atoms with van der Waals surface area (Å²) in [5.41, 5.74) is 5.80. The molecule has 1 saturated carbocycles. The number of methoxy groups -OCH3 is 1. The highest BCUT2D eigenvalue weighted by Crippen LogP contribution is 2.44. The Morgan fingerprint density at radius 3 is 2.30 bits per heavy atom. The number of alkyl halides is 3. The van der Waals surface area contributed by atoms with Crippen molar-refractivity contribution in [2.45, 2.75) is 37.4 Å². The van der Waals surface area contributed by atoms with Crippen molar-refractivity contribution in [3.8, 4) is 5.75 Å². The fourth-order valence-electron chi connectivity index (χ4n) is 2.73. The van der Waals surface area contributed by atoms with E-state index in [-0.39, 0.29) is 31.4 Å². The molecule has 2 N–H and O–H groups in total. The fourth-order valence-corrected chi connectivity index (χ4v) is 2.73. The van der Waals surface area contributed by atoms with Gasteiger partial charge in [0, 0.05) is 5.54 Å². The van der Waals surface area contributed by atoms with E-state index in [1.54, 1.807) is 6.07 Å². The Morgan fingerprint density at radius 1 is 1.25 bits per heavy atom. The van der Waals surface area contributed by atoms with Crippen LogP contribution in [0.1, 0.15) is 31.2 Å². The van der Waals surface area contributed by atoms with E-state index >= 15 is 0 Å². The molecule has 0 heterocycles. The van der Waals surface area contributed by atoms with Crippen LogP contribution in [0.25, 0.3) is 0 Å². The van der Waals surface area contributed by atoms with Crippen molar-refractivity contribution in [3.05, 3.63) is 29.6 Å². The number of hydrogen-bond donors (Lipinski definition) is 1. The first-order chi connectivity index (χ1) is 9.26. The lowest BCUT2D eigenvalue weighted by atomic mass is 9.73. The highest BCUT2D eigenvalue weighted by atomic mass is 19.4. The summed E-state index contributed by atoms with van der Waals surface area (Å²) < 4.78 is 56.4. The molecule has 1 aliphatic rings. The molecule has 0 unspecified atom stereocenters. The van der Waals surface area contributed by atoms with Crippen molar-refractivity contribution in [1.29, 1.82) is 0 Å². The second-order valence-corrected chi connectivity index (χ2v) is 5.32. The van der Waals surface area contributed by atoms with Gasteiger partial charge in [0.15, 0.2) is 11.6 Å². The fraction of sp³-hybridized carbons (Fsp3) is 0.571. The maximum Gasteiger partial charge on any atom is 0.391 e. The Bertz CT molecular complexity index is 479. The van der Waals surface area contributed by atoms with E-state index in [1.807, 2.05) is 0 Å². The Balaban J connectivity index is 2.15. The molecule has 2 rings (SSSR count). The summed E-state index contributed by atoms with van der Waals surface area (Å²) in [6, 6.07) is 4.33. The minimum Gasteiger partial charge on any atom is -0.494 e. The first-order valence-electron chi connectivity index (χ1n) is 6.46. The lowest BCUT2D eigenvalue weighted by molar-refractivity contribution is -0.184. The van der Waals surface area contributed by atoms with Gasteiger partial charge in [-0.1, -0.05) is 6.07 Å². The third-order valence-electron chi connectivity index (χ3n) is 4.07. The topological polar surface area (TPSA) is 35.2 Å². The maximum absolute atomic E-state index is 13.7. The van der Waals surface area contributed by atoms with Crippen LogP contribution in [-0.2, 0) is 5.54 Å². The number of halogens is 4. The SMILES string of the molecule is COc1ccc(C2(N)CCC(C(F)(F)F)CC2)cc1F. The van der Waals surface area contributed by atoms with Crippen LogP contribution < -0.4 is 10.5 Å². The molecule has 0 atom stereocenters. The molecule has 1 aliphatic carbocycles. The van der Waals surface area contributed by atoms with Crippen LogP contribution in [0.15, 0.2) is 18.2 Å². The molecule has 1 fully saturated rings. The van der Waals surface area contributed by atoms with Crippen LogP contribution >= 0.6 is 0 Å². The summed E-state index contributed by atoms with van der Waals surface area (Å²) in [5.74, 6) is -1.75. The number of rotatable bonds is 2. The molecule has 0 amide bonds. The zero-order chi connectivity index (χ0) is 15.0. The summed E-state index contributed by atoms with van der Waals surface area (Å²) >= 11 is 0. The number of nitrogens with two attached hydrogens (primary N) is 1. The smallest absolute Gasteiger partial charge is 0.391 e. The minimum absolute atomic E-state index is 0.0202. The summed E-state index contributed by atoms with van der Waals surface area (Å²) in [6.45, 7) is 0. The second-order valence-electron chi connectivity index (χ2n) is 5.32. The van der Waals surface area contributed by atoms with Gasteiger partial charge in [0.25, 0.3) is 0 Å². The van der Waals surface area contributed by atoms with Gasteiger partial charge in [-0.05, 0) is 43.4 Å². The Hall–Kier alpha value is -1.30. The van der Waals surface area contributed by atoms with Crippen LogP contribution in [0.2, 0.25) is 0 Å². The van der Waals surface area contributed by atoms with Crippen molar-refractivity contribution < 1.29 is 22.3 Å². The molecule has 0 bridgehead atoms. The Morgan fingerprint density at radius 2 is 1.85 bits per heavy atom. The van der Waals surface area contributed by atoms with Crippen molar-refractivity contribution >= 4 is 0 Å². The quantitative estimate of drug-likeness (QED) is 0.842. The van der Waals surface area contributed by atoms with Crippen LogP contribution in [0.4, 0.5) is 17.6 Å². The molecular formula is C14H17F4NO. The monoisotopic (exact) mass is 291 g/mol. The lowest BCUT2D eigenvalue weighted by Gasteiger charge is -2.38. The zero-order valence-corrected chi connectivity index (χ0v) is 11.1. The molecule has 2 nitrogen and oxygen atoms in total. The van der Waals surface area contributed by atoms with E-state index in [9.17, 15) is 17.6 Å². The molecule has 0 aromatic heterocycles. The first kappa shape index (κ1) is 15.1. The van der Waals surface area contributed by atoms with Crippen molar-refractivity contribution in [2.75, 3.05) is 7.11 Å². The van der Waals surface area contributed by atoms with Crippen LogP contribution in [-0.4, -0.2) is 13.3 Å². The van der Waals surface area contributed by atoms with Crippen molar-refractivity contribution in [3.63, 3.8) is 0 Å². The number of benzene rings is 1. The van der Waals surface area contributed by atoms with Gasteiger partial charge in [-0.2, -0.15) is 13.2 Å². The summed E-state index contributed by atoms with van der Waals surface area (Å²) in [5, 5.41) is 0. The van der Waals surface area contributed by atoms with E-state index in [0.29, 0.717) is 5.56 Å². The molecule has 0 aliphatic heterocycles. The average molecular weight is 291 g/mol. The summed E-state index contributed by atoms with van der Waals surface area (Å²) in [7, 11) is 1.35. The first-order valence-corrected chi connectivity index (χ1v) is 6.46. The maximum atomic E-state index is 13.7. The number of hydrogen-bond acceptors (Lipinski definition) is 2. The van der Waals surface area contributed by atoms with E-state index in [2.05, 4.69) is 0 Å². The van der Waals surface area contributed by atoms with E-state index in [1.165, 1.54) is 19.2 Å². The van der Waals surface area contributed by atoms with Gasteiger partial charge in [-0.3, -0.25) is 0 Å². The van der Waals surface area contributed by atoms with Crippen LogP contribution in [0.3, 0.4) is 0 Å². The molecular weight excluding hydrogens is 274 g/mol. The third-order valence-corrected chi connectivity index (χ3v) is 4.07. The van der Waals surface area contributed by atoms with Gasteiger partial charge < -0.3 is 10.5 Å². The molecule has 112 valence electrons. The van der Waals surface area contributed by atoms with Gasteiger partial charge in [-0.25, -0.2) is 4.39 Å². The van der Waals surface area contributed by atoms with Gasteiger partial charge in [0.1, 0.15) is 0 Å². The summed E-state index contributed by atoms with van der Waals surface area (Å²) in [4.78, 5) is 0. The van der Waals surface area contributed by atoms with Crippen molar-refractivity contribution in [1.82, 2.24) is 0 Å². The normalized spacial score (nSPS) is 27.4. The Labute approximate surface area is 114 Å². The molecule has 1 aromatic carbocycles. The highest BCUT2D eigenvalue weighted by molar-refractivity contribution is 5.33. The highest BCUT2D eigenvalue weighted by Gasteiger charge is 2.45.